The van der Waals surface area contributed by atoms with Crippen LogP contribution >= 0.6 is 0 Å². The fraction of sp³-hybridized carbons (Fsp3) is 0.467. The van der Waals surface area contributed by atoms with Crippen LogP contribution in [0.5, 0.6) is 0 Å². The van der Waals surface area contributed by atoms with E-state index in [4.69, 9.17) is 9.15 Å². The minimum atomic E-state index is -0.331. The summed E-state index contributed by atoms with van der Waals surface area (Å²) in [6.07, 6.45) is 4.00. The van der Waals surface area contributed by atoms with Crippen LogP contribution in [0.3, 0.4) is 0 Å². The number of rotatable bonds is 2. The van der Waals surface area contributed by atoms with E-state index in [0.717, 1.165) is 30.7 Å². The predicted octanol–water partition coefficient (Wildman–Crippen LogP) is 0.460. The molecular formula is C15H16N4O4. The highest BCUT2D eigenvalue weighted by Crippen LogP contribution is 2.29. The lowest BCUT2D eigenvalue weighted by Crippen LogP contribution is -2.36. The van der Waals surface area contributed by atoms with Crippen LogP contribution < -0.4 is 5.56 Å². The standard InChI is InChI=1S/C15H16N4O4/c20-13-6-16-10(5-17-13)15(21)19-3-1-12-11(7-19)18-14(23-12)9-2-4-22-8-9/h5-6,9H,1-4,7-8H2,(H,17,20). The van der Waals surface area contributed by atoms with Gasteiger partial charge in [-0.1, -0.05) is 0 Å². The van der Waals surface area contributed by atoms with E-state index in [-0.39, 0.29) is 23.1 Å². The number of carbonyl (C=O) groups is 1. The smallest absolute Gasteiger partial charge is 0.274 e. The average molecular weight is 316 g/mol. The molecule has 1 atom stereocenters. The Balaban J connectivity index is 1.52. The third kappa shape index (κ3) is 2.65. The lowest BCUT2D eigenvalue weighted by Gasteiger charge is -2.24. The zero-order chi connectivity index (χ0) is 15.8. The highest BCUT2D eigenvalue weighted by Gasteiger charge is 2.30. The number of H-pyrrole nitrogens is 1. The molecule has 1 N–H and O–H groups in total. The molecule has 0 radical (unpaired) electrons. The van der Waals surface area contributed by atoms with Gasteiger partial charge in [0.2, 0.25) is 0 Å². The number of nitrogens with zero attached hydrogens (tertiary/aromatic N) is 3. The van der Waals surface area contributed by atoms with Crippen LogP contribution in [0.15, 0.2) is 21.6 Å². The van der Waals surface area contributed by atoms with Gasteiger partial charge in [0.1, 0.15) is 17.1 Å². The van der Waals surface area contributed by atoms with Crippen molar-refractivity contribution < 1.29 is 13.9 Å². The molecule has 4 rings (SSSR count). The first-order chi connectivity index (χ1) is 11.2. The molecule has 1 unspecified atom stereocenters. The van der Waals surface area contributed by atoms with Gasteiger partial charge in [-0.15, -0.1) is 0 Å². The van der Waals surface area contributed by atoms with Crippen LogP contribution in [0, 0.1) is 0 Å². The Hall–Kier alpha value is -2.48. The number of aromatic amines is 1. The minimum absolute atomic E-state index is 0.214. The lowest BCUT2D eigenvalue weighted by atomic mass is 10.1. The molecule has 4 heterocycles. The maximum atomic E-state index is 12.4. The van der Waals surface area contributed by atoms with E-state index < -0.39 is 0 Å². The lowest BCUT2D eigenvalue weighted by molar-refractivity contribution is 0.0721. The van der Waals surface area contributed by atoms with Crippen molar-refractivity contribution in [2.45, 2.75) is 25.3 Å². The molecule has 0 aromatic carbocycles. The van der Waals surface area contributed by atoms with Crippen molar-refractivity contribution in [2.24, 2.45) is 0 Å². The van der Waals surface area contributed by atoms with Crippen LogP contribution in [0.2, 0.25) is 0 Å². The van der Waals surface area contributed by atoms with Crippen molar-refractivity contribution in [3.05, 3.63) is 45.8 Å². The van der Waals surface area contributed by atoms with Gasteiger partial charge in [-0.3, -0.25) is 9.59 Å². The third-order valence-electron chi connectivity index (χ3n) is 4.20. The Morgan fingerprint density at radius 3 is 3.09 bits per heavy atom. The van der Waals surface area contributed by atoms with Crippen LogP contribution in [0.4, 0.5) is 0 Å². The molecule has 8 nitrogen and oxygen atoms in total. The van der Waals surface area contributed by atoms with Crippen LogP contribution in [0.25, 0.3) is 0 Å². The number of amides is 1. The predicted molar refractivity (Wildman–Crippen MR) is 78.0 cm³/mol. The first-order valence-electron chi connectivity index (χ1n) is 7.61. The molecule has 1 amide bonds. The molecule has 23 heavy (non-hydrogen) atoms. The van der Waals surface area contributed by atoms with E-state index in [1.807, 2.05) is 0 Å². The van der Waals surface area contributed by atoms with Crippen LogP contribution in [0.1, 0.15) is 40.2 Å². The van der Waals surface area contributed by atoms with Crippen molar-refractivity contribution in [1.29, 1.82) is 0 Å². The molecule has 120 valence electrons. The summed E-state index contributed by atoms with van der Waals surface area (Å²) in [5.74, 6) is 1.56. The van der Waals surface area contributed by atoms with E-state index in [1.54, 1.807) is 4.90 Å². The van der Waals surface area contributed by atoms with Gasteiger partial charge >= 0.3 is 0 Å². The summed E-state index contributed by atoms with van der Waals surface area (Å²) in [5, 5.41) is 0. The summed E-state index contributed by atoms with van der Waals surface area (Å²) in [6, 6.07) is 0. The quantitative estimate of drug-likeness (QED) is 0.863. The highest BCUT2D eigenvalue weighted by molar-refractivity contribution is 5.92. The summed E-state index contributed by atoms with van der Waals surface area (Å²) < 4.78 is 11.2. The maximum Gasteiger partial charge on any atom is 0.274 e. The van der Waals surface area contributed by atoms with Gasteiger partial charge in [0.25, 0.3) is 11.5 Å². The Morgan fingerprint density at radius 2 is 2.35 bits per heavy atom. The molecule has 2 aliphatic rings. The molecule has 1 fully saturated rings. The van der Waals surface area contributed by atoms with Crippen molar-refractivity contribution in [1.82, 2.24) is 19.9 Å². The van der Waals surface area contributed by atoms with Gasteiger partial charge in [-0.05, 0) is 6.42 Å². The topological polar surface area (TPSA) is 101 Å². The summed E-state index contributed by atoms with van der Waals surface area (Å²) in [6.45, 7) is 2.32. The second-order valence-corrected chi connectivity index (χ2v) is 5.76. The SMILES string of the molecule is O=C(c1c[nH]c(=O)cn1)N1CCc2oc(C3CCOC3)nc2C1. The minimum Gasteiger partial charge on any atom is -0.445 e. The first-order valence-corrected chi connectivity index (χ1v) is 7.61. The van der Waals surface area contributed by atoms with Crippen molar-refractivity contribution in [3.63, 3.8) is 0 Å². The van der Waals surface area contributed by atoms with Gasteiger partial charge in [0, 0.05) is 25.8 Å². The van der Waals surface area contributed by atoms with Gasteiger partial charge in [-0.2, -0.15) is 0 Å². The molecule has 2 aromatic heterocycles. The van der Waals surface area contributed by atoms with Crippen molar-refractivity contribution in [2.75, 3.05) is 19.8 Å². The summed E-state index contributed by atoms with van der Waals surface area (Å²) >= 11 is 0. The Bertz CT molecular complexity index is 771. The van der Waals surface area contributed by atoms with Gasteiger partial charge in [-0.25, -0.2) is 9.97 Å². The van der Waals surface area contributed by atoms with E-state index in [9.17, 15) is 9.59 Å². The zero-order valence-corrected chi connectivity index (χ0v) is 12.4. The second kappa shape index (κ2) is 5.62. The Kier molecular flexibility index (Phi) is 3.45. The van der Waals surface area contributed by atoms with Crippen molar-refractivity contribution in [3.8, 4) is 0 Å². The van der Waals surface area contributed by atoms with Crippen LogP contribution in [-0.2, 0) is 17.7 Å². The fourth-order valence-corrected chi connectivity index (χ4v) is 2.92. The van der Waals surface area contributed by atoms with E-state index in [2.05, 4.69) is 15.0 Å². The summed E-state index contributed by atoms with van der Waals surface area (Å²) in [5.41, 5.74) is 0.694. The van der Waals surface area contributed by atoms with Crippen LogP contribution in [-0.4, -0.2) is 45.5 Å². The number of oxazole rings is 1. The number of hydrogen-bond donors (Lipinski definition) is 1. The Morgan fingerprint density at radius 1 is 1.43 bits per heavy atom. The molecule has 2 aliphatic heterocycles. The zero-order valence-electron chi connectivity index (χ0n) is 12.4. The molecule has 0 spiro atoms. The van der Waals surface area contributed by atoms with Gasteiger partial charge < -0.3 is 19.0 Å². The molecule has 8 heteroatoms. The van der Waals surface area contributed by atoms with E-state index in [1.165, 1.54) is 6.20 Å². The fourth-order valence-electron chi connectivity index (χ4n) is 2.92. The number of nitrogens with one attached hydrogen (secondary N) is 1. The van der Waals surface area contributed by atoms with Gasteiger partial charge in [0.15, 0.2) is 5.89 Å². The van der Waals surface area contributed by atoms with E-state index >= 15 is 0 Å². The summed E-state index contributed by atoms with van der Waals surface area (Å²) in [4.78, 5) is 36.1. The second-order valence-electron chi connectivity index (χ2n) is 5.76. The van der Waals surface area contributed by atoms with E-state index in [0.29, 0.717) is 32.0 Å². The number of ether oxygens (including phenoxy) is 1. The maximum absolute atomic E-state index is 12.4. The molecule has 0 bridgehead atoms. The first kappa shape index (κ1) is 14.1. The number of aromatic nitrogens is 3. The van der Waals surface area contributed by atoms with Gasteiger partial charge in [0.05, 0.1) is 25.3 Å². The molecule has 1 saturated heterocycles. The molecule has 2 aromatic rings. The molecular weight excluding hydrogens is 300 g/mol. The molecule has 0 saturated carbocycles. The molecule has 0 aliphatic carbocycles. The Labute approximate surface area is 131 Å². The normalized spacial score (nSPS) is 20.5. The summed E-state index contributed by atoms with van der Waals surface area (Å²) in [7, 11) is 0. The number of fused-ring (bicyclic) bond motifs is 1. The number of hydrogen-bond acceptors (Lipinski definition) is 6. The largest absolute Gasteiger partial charge is 0.445 e. The van der Waals surface area contributed by atoms with Crippen molar-refractivity contribution >= 4 is 5.91 Å². The third-order valence-corrected chi connectivity index (χ3v) is 4.20. The number of carbonyl (C=O) groups excluding carboxylic acids is 1. The average Bonchev–Trinajstić information content (AvgIpc) is 3.23. The monoisotopic (exact) mass is 316 g/mol. The highest BCUT2D eigenvalue weighted by atomic mass is 16.5.